The normalized spacial score (nSPS) is 13.6. The van der Waals surface area contributed by atoms with Gasteiger partial charge in [-0.25, -0.2) is 4.79 Å². The second-order valence-electron chi connectivity index (χ2n) is 6.71. The Labute approximate surface area is 176 Å². The molecular formula is C21H19BrN2O5. The van der Waals surface area contributed by atoms with E-state index >= 15 is 0 Å². The Kier molecular flexibility index (Phi) is 6.12. The first-order valence-electron chi connectivity index (χ1n) is 8.96. The first-order chi connectivity index (χ1) is 13.8. The fourth-order valence-electron chi connectivity index (χ4n) is 2.95. The van der Waals surface area contributed by atoms with Crippen LogP contribution in [0.3, 0.4) is 0 Å². The number of carbonyl (C=O) groups is 4. The third-order valence-electron chi connectivity index (χ3n) is 4.51. The average Bonchev–Trinajstić information content (AvgIpc) is 3.02. The summed E-state index contributed by atoms with van der Waals surface area (Å²) in [5, 5.41) is 2.72. The smallest absolute Gasteiger partial charge is 0.338 e. The van der Waals surface area contributed by atoms with E-state index in [1.54, 1.807) is 12.1 Å². The molecule has 1 heterocycles. The van der Waals surface area contributed by atoms with Gasteiger partial charge in [-0.05, 0) is 55.3 Å². The van der Waals surface area contributed by atoms with Crippen LogP contribution in [0.25, 0.3) is 0 Å². The minimum Gasteiger partial charge on any atom is -0.452 e. The van der Waals surface area contributed by atoms with Gasteiger partial charge in [-0.3, -0.25) is 19.3 Å². The van der Waals surface area contributed by atoms with E-state index in [2.05, 4.69) is 21.2 Å². The minimum absolute atomic E-state index is 0.151. The Bertz CT molecular complexity index is 1000. The van der Waals surface area contributed by atoms with Crippen LogP contribution >= 0.6 is 15.9 Å². The lowest BCUT2D eigenvalue weighted by Crippen LogP contribution is -2.28. The van der Waals surface area contributed by atoms with Crippen molar-refractivity contribution in [3.8, 4) is 0 Å². The maximum absolute atomic E-state index is 12.3. The molecule has 0 saturated carbocycles. The molecule has 29 heavy (non-hydrogen) atoms. The van der Waals surface area contributed by atoms with Crippen molar-refractivity contribution in [1.29, 1.82) is 0 Å². The number of imide groups is 1. The first kappa shape index (κ1) is 20.7. The Hall–Kier alpha value is -3.00. The van der Waals surface area contributed by atoms with Gasteiger partial charge in [-0.1, -0.05) is 22.0 Å². The third-order valence-corrected chi connectivity index (χ3v) is 5.36. The Morgan fingerprint density at radius 2 is 1.76 bits per heavy atom. The van der Waals surface area contributed by atoms with Crippen molar-refractivity contribution in [1.82, 2.24) is 0 Å². The lowest BCUT2D eigenvalue weighted by Gasteiger charge is -2.14. The quantitative estimate of drug-likeness (QED) is 0.546. The van der Waals surface area contributed by atoms with Gasteiger partial charge in [0, 0.05) is 23.0 Å². The predicted octanol–water partition coefficient (Wildman–Crippen LogP) is 3.51. The minimum atomic E-state index is -0.718. The molecule has 150 valence electrons. The first-order valence-corrected chi connectivity index (χ1v) is 9.75. The van der Waals surface area contributed by atoms with Crippen LogP contribution in [0.15, 0.2) is 40.9 Å². The molecule has 0 radical (unpaired) electrons. The van der Waals surface area contributed by atoms with Crippen LogP contribution in [0.4, 0.5) is 11.4 Å². The largest absolute Gasteiger partial charge is 0.452 e. The lowest BCUT2D eigenvalue weighted by atomic mass is 10.1. The molecule has 0 atom stereocenters. The highest BCUT2D eigenvalue weighted by molar-refractivity contribution is 9.10. The topological polar surface area (TPSA) is 92.8 Å². The summed E-state index contributed by atoms with van der Waals surface area (Å²) in [5.74, 6) is -1.80. The highest BCUT2D eigenvalue weighted by Crippen LogP contribution is 2.25. The molecule has 8 heteroatoms. The Morgan fingerprint density at radius 3 is 2.45 bits per heavy atom. The van der Waals surface area contributed by atoms with Crippen molar-refractivity contribution in [2.24, 2.45) is 0 Å². The van der Waals surface area contributed by atoms with Gasteiger partial charge in [0.25, 0.3) is 5.91 Å². The molecule has 2 aromatic rings. The highest BCUT2D eigenvalue weighted by Gasteiger charge is 2.30. The molecule has 1 aliphatic rings. The maximum Gasteiger partial charge on any atom is 0.338 e. The molecule has 3 amide bonds. The molecule has 3 rings (SSSR count). The fourth-order valence-corrected chi connectivity index (χ4v) is 3.41. The van der Waals surface area contributed by atoms with Gasteiger partial charge in [0.05, 0.1) is 11.3 Å². The fraction of sp³-hybridized carbons (Fsp3) is 0.238. The Morgan fingerprint density at radius 1 is 1.07 bits per heavy atom. The van der Waals surface area contributed by atoms with E-state index < -0.39 is 18.5 Å². The lowest BCUT2D eigenvalue weighted by molar-refractivity contribution is -0.121. The van der Waals surface area contributed by atoms with E-state index in [0.717, 1.165) is 20.5 Å². The molecule has 0 aromatic heterocycles. The number of amides is 3. The second-order valence-corrected chi connectivity index (χ2v) is 7.57. The molecule has 0 aliphatic carbocycles. The van der Waals surface area contributed by atoms with E-state index in [1.165, 1.54) is 12.1 Å². The number of aryl methyl sites for hydroxylation is 2. The van der Waals surface area contributed by atoms with E-state index in [4.69, 9.17) is 4.74 Å². The number of ether oxygens (including phenoxy) is 1. The second kappa shape index (κ2) is 8.57. The predicted molar refractivity (Wildman–Crippen MR) is 111 cm³/mol. The molecule has 0 bridgehead atoms. The third kappa shape index (κ3) is 4.71. The summed E-state index contributed by atoms with van der Waals surface area (Å²) in [4.78, 5) is 49.2. The summed E-state index contributed by atoms with van der Waals surface area (Å²) in [6.07, 6.45) is 0.311. The maximum atomic E-state index is 12.3. The summed E-state index contributed by atoms with van der Waals surface area (Å²) in [6, 6.07) is 9.75. The number of carbonyl (C=O) groups excluding carboxylic acids is 4. The number of nitrogens with zero attached hydrogens (tertiary/aromatic N) is 1. The number of esters is 1. The van der Waals surface area contributed by atoms with Gasteiger partial charge in [0.15, 0.2) is 6.61 Å². The molecule has 7 nitrogen and oxygen atoms in total. The van der Waals surface area contributed by atoms with Gasteiger partial charge in [-0.2, -0.15) is 0 Å². The zero-order valence-corrected chi connectivity index (χ0v) is 17.5. The molecular weight excluding hydrogens is 440 g/mol. The number of nitrogens with one attached hydrogen (secondary N) is 1. The number of benzene rings is 2. The SMILES string of the molecule is Cc1cc(NC(=O)COC(=O)c2cccc(N3C(=O)CCC3=O)c2)c(C)cc1Br. The molecule has 1 fully saturated rings. The molecule has 2 aromatic carbocycles. The van der Waals surface area contributed by atoms with E-state index in [9.17, 15) is 19.2 Å². The van der Waals surface area contributed by atoms with Crippen LogP contribution in [-0.2, 0) is 19.1 Å². The van der Waals surface area contributed by atoms with Gasteiger partial charge >= 0.3 is 5.97 Å². The van der Waals surface area contributed by atoms with Gasteiger partial charge in [-0.15, -0.1) is 0 Å². The summed E-state index contributed by atoms with van der Waals surface area (Å²) in [5.41, 5.74) is 2.94. The van der Waals surface area contributed by atoms with Crippen molar-refractivity contribution in [3.63, 3.8) is 0 Å². The van der Waals surface area contributed by atoms with Crippen LogP contribution in [-0.4, -0.2) is 30.3 Å². The number of hydrogen-bond acceptors (Lipinski definition) is 5. The molecule has 1 N–H and O–H groups in total. The van der Waals surface area contributed by atoms with Crippen molar-refractivity contribution >= 4 is 51.0 Å². The van der Waals surface area contributed by atoms with Crippen molar-refractivity contribution in [3.05, 3.63) is 57.6 Å². The van der Waals surface area contributed by atoms with E-state index in [1.807, 2.05) is 26.0 Å². The number of rotatable bonds is 5. The van der Waals surface area contributed by atoms with E-state index in [-0.39, 0.29) is 30.2 Å². The molecule has 0 unspecified atom stereocenters. The summed E-state index contributed by atoms with van der Waals surface area (Å²) in [7, 11) is 0. The van der Waals surface area contributed by atoms with Gasteiger partial charge in [0.1, 0.15) is 0 Å². The van der Waals surface area contributed by atoms with E-state index in [0.29, 0.717) is 11.4 Å². The summed E-state index contributed by atoms with van der Waals surface area (Å²) < 4.78 is 6.02. The van der Waals surface area contributed by atoms with Gasteiger partial charge < -0.3 is 10.1 Å². The highest BCUT2D eigenvalue weighted by atomic mass is 79.9. The van der Waals surface area contributed by atoms with Crippen LogP contribution in [0.1, 0.15) is 34.3 Å². The number of hydrogen-bond donors (Lipinski definition) is 1. The summed E-state index contributed by atoms with van der Waals surface area (Å²) in [6.45, 7) is 3.31. The van der Waals surface area contributed by atoms with Crippen LogP contribution in [0.2, 0.25) is 0 Å². The zero-order valence-electron chi connectivity index (χ0n) is 16.0. The zero-order chi connectivity index (χ0) is 21.1. The molecule has 1 saturated heterocycles. The molecule has 0 spiro atoms. The Balaban J connectivity index is 1.63. The average molecular weight is 459 g/mol. The van der Waals surface area contributed by atoms with Crippen LogP contribution in [0.5, 0.6) is 0 Å². The van der Waals surface area contributed by atoms with Crippen LogP contribution in [0, 0.1) is 13.8 Å². The monoisotopic (exact) mass is 458 g/mol. The standard InChI is InChI=1S/C21H19BrN2O5/c1-12-9-17(13(2)8-16(12)22)23-18(25)11-29-21(28)14-4-3-5-15(10-14)24-19(26)6-7-20(24)27/h3-5,8-10H,6-7,11H2,1-2H3,(H,23,25). The number of halogens is 1. The van der Waals surface area contributed by atoms with Gasteiger partial charge in [0.2, 0.25) is 11.8 Å². The van der Waals surface area contributed by atoms with Crippen LogP contribution < -0.4 is 10.2 Å². The summed E-state index contributed by atoms with van der Waals surface area (Å²) >= 11 is 3.43. The number of anilines is 2. The van der Waals surface area contributed by atoms with Crippen molar-refractivity contribution < 1.29 is 23.9 Å². The molecule has 1 aliphatic heterocycles. The van der Waals surface area contributed by atoms with Crippen molar-refractivity contribution in [2.45, 2.75) is 26.7 Å². The van der Waals surface area contributed by atoms with Crippen molar-refractivity contribution in [2.75, 3.05) is 16.8 Å².